The molecule has 2 atom stereocenters. The van der Waals surface area contributed by atoms with Crippen molar-refractivity contribution in [1.82, 2.24) is 10.3 Å². The second-order valence-corrected chi connectivity index (χ2v) is 6.41. The summed E-state index contributed by atoms with van der Waals surface area (Å²) in [5, 5.41) is 12.5. The van der Waals surface area contributed by atoms with Crippen molar-refractivity contribution >= 4 is 11.7 Å². The van der Waals surface area contributed by atoms with Gasteiger partial charge in [-0.1, -0.05) is 12.8 Å². The molecule has 1 aliphatic carbocycles. The predicted molar refractivity (Wildman–Crippen MR) is 86.0 cm³/mol. The zero-order valence-electron chi connectivity index (χ0n) is 13.0. The van der Waals surface area contributed by atoms with Crippen LogP contribution in [-0.2, 0) is 0 Å². The molecule has 1 aliphatic heterocycles. The summed E-state index contributed by atoms with van der Waals surface area (Å²) in [5.74, 6) is 1.07. The SMILES string of the molecule is O=C(NC1CCCCC1CO)c1ccc(N2CCCC2)nc1. The monoisotopic (exact) mass is 303 g/mol. The molecule has 2 unspecified atom stereocenters. The number of aliphatic hydroxyl groups excluding tert-OH is 1. The fourth-order valence-electron chi connectivity index (χ4n) is 3.52. The number of hydrogen-bond acceptors (Lipinski definition) is 4. The molecule has 5 heteroatoms. The number of aliphatic hydroxyl groups is 1. The van der Waals surface area contributed by atoms with Crippen molar-refractivity contribution in [3.63, 3.8) is 0 Å². The number of nitrogens with one attached hydrogen (secondary N) is 1. The van der Waals surface area contributed by atoms with Gasteiger partial charge in [0.2, 0.25) is 0 Å². The van der Waals surface area contributed by atoms with Crippen LogP contribution in [-0.4, -0.2) is 41.7 Å². The number of carbonyl (C=O) groups is 1. The first-order valence-corrected chi connectivity index (χ1v) is 8.40. The van der Waals surface area contributed by atoms with E-state index >= 15 is 0 Å². The average Bonchev–Trinajstić information content (AvgIpc) is 3.10. The lowest BCUT2D eigenvalue weighted by Gasteiger charge is -2.30. The van der Waals surface area contributed by atoms with E-state index in [4.69, 9.17) is 0 Å². The molecule has 1 aromatic rings. The van der Waals surface area contributed by atoms with Gasteiger partial charge in [0.15, 0.2) is 0 Å². The van der Waals surface area contributed by atoms with Crippen LogP contribution >= 0.6 is 0 Å². The number of aromatic nitrogens is 1. The summed E-state index contributed by atoms with van der Waals surface area (Å²) in [7, 11) is 0. The van der Waals surface area contributed by atoms with Gasteiger partial charge in [-0.15, -0.1) is 0 Å². The Morgan fingerprint density at radius 1 is 1.23 bits per heavy atom. The average molecular weight is 303 g/mol. The highest BCUT2D eigenvalue weighted by atomic mass is 16.3. The van der Waals surface area contributed by atoms with Gasteiger partial charge in [0.1, 0.15) is 5.82 Å². The molecule has 5 nitrogen and oxygen atoms in total. The van der Waals surface area contributed by atoms with Gasteiger partial charge in [0.05, 0.1) is 5.56 Å². The zero-order chi connectivity index (χ0) is 15.4. The first-order valence-electron chi connectivity index (χ1n) is 8.40. The Morgan fingerprint density at radius 3 is 2.68 bits per heavy atom. The van der Waals surface area contributed by atoms with E-state index in [1.54, 1.807) is 6.20 Å². The molecule has 0 spiro atoms. The van der Waals surface area contributed by atoms with Crippen LogP contribution in [0.15, 0.2) is 18.3 Å². The number of amides is 1. The molecule has 22 heavy (non-hydrogen) atoms. The molecule has 2 fully saturated rings. The highest BCUT2D eigenvalue weighted by Gasteiger charge is 2.26. The lowest BCUT2D eigenvalue weighted by Crippen LogP contribution is -2.43. The van der Waals surface area contributed by atoms with E-state index in [9.17, 15) is 9.90 Å². The largest absolute Gasteiger partial charge is 0.396 e. The van der Waals surface area contributed by atoms with Crippen LogP contribution in [0.2, 0.25) is 0 Å². The Morgan fingerprint density at radius 2 is 2.00 bits per heavy atom. The van der Waals surface area contributed by atoms with Crippen LogP contribution < -0.4 is 10.2 Å². The minimum atomic E-state index is -0.0779. The summed E-state index contributed by atoms with van der Waals surface area (Å²) in [6.07, 6.45) is 8.31. The minimum Gasteiger partial charge on any atom is -0.396 e. The molecule has 0 aromatic carbocycles. The number of nitrogens with zero attached hydrogens (tertiary/aromatic N) is 2. The Kier molecular flexibility index (Phi) is 4.93. The number of carbonyl (C=O) groups excluding carboxylic acids is 1. The lowest BCUT2D eigenvalue weighted by atomic mass is 9.85. The van der Waals surface area contributed by atoms with E-state index < -0.39 is 0 Å². The van der Waals surface area contributed by atoms with Crippen LogP contribution in [0.1, 0.15) is 48.9 Å². The molecule has 0 radical (unpaired) electrons. The topological polar surface area (TPSA) is 65.5 Å². The highest BCUT2D eigenvalue weighted by Crippen LogP contribution is 2.24. The maximum atomic E-state index is 12.4. The molecule has 3 rings (SSSR count). The van der Waals surface area contributed by atoms with Gasteiger partial charge in [-0.2, -0.15) is 0 Å². The summed E-state index contributed by atoms with van der Waals surface area (Å²) in [6, 6.07) is 3.88. The summed E-state index contributed by atoms with van der Waals surface area (Å²) in [4.78, 5) is 19.0. The Balaban J connectivity index is 1.61. The third-order valence-electron chi connectivity index (χ3n) is 4.90. The summed E-state index contributed by atoms with van der Waals surface area (Å²) < 4.78 is 0. The van der Waals surface area contributed by atoms with Gasteiger partial charge in [-0.05, 0) is 37.8 Å². The molecule has 2 aliphatic rings. The van der Waals surface area contributed by atoms with Crippen molar-refractivity contribution < 1.29 is 9.90 Å². The van der Waals surface area contributed by atoms with Gasteiger partial charge in [-0.3, -0.25) is 4.79 Å². The van der Waals surface area contributed by atoms with E-state index in [0.717, 1.165) is 44.6 Å². The van der Waals surface area contributed by atoms with E-state index in [1.807, 2.05) is 12.1 Å². The minimum absolute atomic E-state index is 0.0779. The van der Waals surface area contributed by atoms with E-state index in [1.165, 1.54) is 12.8 Å². The van der Waals surface area contributed by atoms with Crippen LogP contribution in [0, 0.1) is 5.92 Å². The van der Waals surface area contributed by atoms with Crippen LogP contribution in [0.5, 0.6) is 0 Å². The number of pyridine rings is 1. The molecule has 2 N–H and O–H groups in total. The smallest absolute Gasteiger partial charge is 0.253 e. The number of hydrogen-bond donors (Lipinski definition) is 2. The third-order valence-corrected chi connectivity index (χ3v) is 4.90. The van der Waals surface area contributed by atoms with Crippen molar-refractivity contribution in [2.24, 2.45) is 5.92 Å². The van der Waals surface area contributed by atoms with Crippen LogP contribution in [0.3, 0.4) is 0 Å². The van der Waals surface area contributed by atoms with E-state index in [0.29, 0.717) is 5.56 Å². The molecule has 1 saturated heterocycles. The standard InChI is InChI=1S/C17H25N3O2/c21-12-14-5-1-2-6-15(14)19-17(22)13-7-8-16(18-11-13)20-9-3-4-10-20/h7-8,11,14-15,21H,1-6,9-10,12H2,(H,19,22). The summed E-state index contributed by atoms with van der Waals surface area (Å²) in [5.41, 5.74) is 0.602. The molecule has 1 aromatic heterocycles. The van der Waals surface area contributed by atoms with Crippen LogP contribution in [0.25, 0.3) is 0 Å². The molecule has 1 saturated carbocycles. The van der Waals surface area contributed by atoms with Gasteiger partial charge in [0.25, 0.3) is 5.91 Å². The quantitative estimate of drug-likeness (QED) is 0.892. The summed E-state index contributed by atoms with van der Waals surface area (Å²) in [6.45, 7) is 2.26. The number of anilines is 1. The van der Waals surface area contributed by atoms with E-state index in [2.05, 4.69) is 15.2 Å². The maximum absolute atomic E-state index is 12.4. The van der Waals surface area contributed by atoms with Crippen molar-refractivity contribution in [2.75, 3.05) is 24.6 Å². The highest BCUT2D eigenvalue weighted by molar-refractivity contribution is 5.94. The van der Waals surface area contributed by atoms with Crippen molar-refractivity contribution in [2.45, 2.75) is 44.6 Å². The molecule has 120 valence electrons. The second-order valence-electron chi connectivity index (χ2n) is 6.41. The normalized spacial score (nSPS) is 25.2. The van der Waals surface area contributed by atoms with E-state index in [-0.39, 0.29) is 24.5 Å². The van der Waals surface area contributed by atoms with Gasteiger partial charge >= 0.3 is 0 Å². The fraction of sp³-hybridized carbons (Fsp3) is 0.647. The Bertz CT molecular complexity index is 497. The first-order chi connectivity index (χ1) is 10.8. The lowest BCUT2D eigenvalue weighted by molar-refractivity contribution is 0.0872. The zero-order valence-corrected chi connectivity index (χ0v) is 13.0. The summed E-state index contributed by atoms with van der Waals surface area (Å²) >= 11 is 0. The van der Waals surface area contributed by atoms with Crippen molar-refractivity contribution in [1.29, 1.82) is 0 Å². The molecule has 1 amide bonds. The molecule has 0 bridgehead atoms. The third kappa shape index (κ3) is 3.40. The Hall–Kier alpha value is -1.62. The van der Waals surface area contributed by atoms with Crippen molar-refractivity contribution in [3.05, 3.63) is 23.9 Å². The first kappa shape index (κ1) is 15.3. The second kappa shape index (κ2) is 7.09. The maximum Gasteiger partial charge on any atom is 0.253 e. The van der Waals surface area contributed by atoms with Crippen LogP contribution in [0.4, 0.5) is 5.82 Å². The molecular weight excluding hydrogens is 278 g/mol. The Labute approximate surface area is 131 Å². The number of rotatable bonds is 4. The predicted octanol–water partition coefficient (Wildman–Crippen LogP) is 1.96. The fourth-order valence-corrected chi connectivity index (χ4v) is 3.52. The molecule has 2 heterocycles. The van der Waals surface area contributed by atoms with Gasteiger partial charge in [0, 0.05) is 37.9 Å². The molecular formula is C17H25N3O2. The van der Waals surface area contributed by atoms with Crippen molar-refractivity contribution in [3.8, 4) is 0 Å². The van der Waals surface area contributed by atoms with Gasteiger partial charge < -0.3 is 15.3 Å². The van der Waals surface area contributed by atoms with Gasteiger partial charge in [-0.25, -0.2) is 4.98 Å².